The molecule has 14 heteroatoms. The highest BCUT2D eigenvalue weighted by molar-refractivity contribution is 5.88. The molecule has 1 fully saturated rings. The molecule has 2 aromatic rings. The van der Waals surface area contributed by atoms with Gasteiger partial charge in [0, 0.05) is 39.5 Å². The topological polar surface area (TPSA) is 176 Å². The Bertz CT molecular complexity index is 1470. The van der Waals surface area contributed by atoms with E-state index in [1.807, 2.05) is 19.1 Å². The molecule has 14 nitrogen and oxygen atoms in total. The monoisotopic (exact) mass is 602 g/mol. The minimum absolute atomic E-state index is 0.0218. The minimum atomic E-state index is -1.64. The first-order valence-electron chi connectivity index (χ1n) is 13.2. The van der Waals surface area contributed by atoms with E-state index in [0.29, 0.717) is 5.56 Å². The SMILES string of the molecule is COC(=O)c1cnc(-c2c(C)cc(C)cc2C)n([C@H]2O[C@H](COC(C)=O)[C@@H](OC(C)=O)[C@H](OC(C)=O)[C@H]2OC(C)=O)c1=O. The highest BCUT2D eigenvalue weighted by Gasteiger charge is 2.53. The second-order valence-electron chi connectivity index (χ2n) is 10.0. The standard InChI is InChI=1S/C29H34N2O12/c1-13-9-14(2)22(15(3)10-13)26-30-11-20(29(37)38-8)27(36)31(26)28-25(42-19(7)35)24(41-18(6)34)23(40-17(5)33)21(43-28)12-39-16(4)32/h9-11,21,23-25,28H,12H2,1-8H3/t21-,23-,24+,25-,28+/m1/s1. The molecule has 1 aromatic heterocycles. The van der Waals surface area contributed by atoms with Crippen molar-refractivity contribution in [3.63, 3.8) is 0 Å². The van der Waals surface area contributed by atoms with Crippen molar-refractivity contribution in [2.75, 3.05) is 13.7 Å². The maximum absolute atomic E-state index is 14.1. The molecule has 3 rings (SSSR count). The number of hydrogen-bond donors (Lipinski definition) is 0. The lowest BCUT2D eigenvalue weighted by atomic mass is 9.95. The normalized spacial score (nSPS) is 21.3. The molecule has 43 heavy (non-hydrogen) atoms. The molecular formula is C29H34N2O12. The lowest BCUT2D eigenvalue weighted by Gasteiger charge is -2.45. The Kier molecular flexibility index (Phi) is 10.4. The van der Waals surface area contributed by atoms with Crippen LogP contribution in [0.2, 0.25) is 0 Å². The third-order valence-electron chi connectivity index (χ3n) is 6.52. The summed E-state index contributed by atoms with van der Waals surface area (Å²) in [7, 11) is 1.09. The van der Waals surface area contributed by atoms with Crippen molar-refractivity contribution in [2.45, 2.75) is 79.1 Å². The van der Waals surface area contributed by atoms with E-state index in [1.54, 1.807) is 13.8 Å². The Morgan fingerprint density at radius 2 is 1.37 bits per heavy atom. The summed E-state index contributed by atoms with van der Waals surface area (Å²) in [5, 5.41) is 0. The molecule has 232 valence electrons. The first kappa shape index (κ1) is 32.9. The van der Waals surface area contributed by atoms with Gasteiger partial charge in [0.25, 0.3) is 5.56 Å². The highest BCUT2D eigenvalue weighted by atomic mass is 16.7. The first-order valence-corrected chi connectivity index (χ1v) is 13.2. The van der Waals surface area contributed by atoms with Gasteiger partial charge in [-0.25, -0.2) is 9.78 Å². The predicted octanol–water partition coefficient (Wildman–Crippen LogP) is 1.88. The predicted molar refractivity (Wildman–Crippen MR) is 147 cm³/mol. The van der Waals surface area contributed by atoms with Gasteiger partial charge in [-0.2, -0.15) is 0 Å². The fourth-order valence-electron chi connectivity index (χ4n) is 5.09. The van der Waals surface area contributed by atoms with Gasteiger partial charge in [-0.15, -0.1) is 0 Å². The molecule has 0 unspecified atom stereocenters. The van der Waals surface area contributed by atoms with Gasteiger partial charge in [0.2, 0.25) is 0 Å². The number of esters is 5. The van der Waals surface area contributed by atoms with Crippen molar-refractivity contribution in [3.05, 3.63) is 50.9 Å². The molecular weight excluding hydrogens is 568 g/mol. The van der Waals surface area contributed by atoms with Gasteiger partial charge in [-0.05, 0) is 31.9 Å². The quantitative estimate of drug-likeness (QED) is 0.316. The van der Waals surface area contributed by atoms with Crippen LogP contribution in [-0.4, -0.2) is 77.5 Å². The molecule has 5 atom stereocenters. The first-order chi connectivity index (χ1) is 20.2. The molecule has 1 saturated heterocycles. The van der Waals surface area contributed by atoms with E-state index in [-0.39, 0.29) is 5.82 Å². The number of nitrogens with zero attached hydrogens (tertiary/aromatic N) is 2. The van der Waals surface area contributed by atoms with Crippen molar-refractivity contribution in [2.24, 2.45) is 0 Å². The lowest BCUT2D eigenvalue weighted by molar-refractivity contribution is -0.268. The Morgan fingerprint density at radius 1 is 0.837 bits per heavy atom. The number of hydrogen-bond acceptors (Lipinski definition) is 13. The maximum Gasteiger partial charge on any atom is 0.345 e. The van der Waals surface area contributed by atoms with Gasteiger partial charge in [-0.3, -0.25) is 28.5 Å². The van der Waals surface area contributed by atoms with Crippen LogP contribution in [0.1, 0.15) is 61.0 Å². The van der Waals surface area contributed by atoms with Crippen molar-refractivity contribution in [1.29, 1.82) is 0 Å². The molecule has 0 aliphatic carbocycles. The molecule has 1 aliphatic heterocycles. The fourth-order valence-corrected chi connectivity index (χ4v) is 5.09. The summed E-state index contributed by atoms with van der Waals surface area (Å²) in [6, 6.07) is 3.72. The Balaban J connectivity index is 2.42. The smallest absolute Gasteiger partial charge is 0.345 e. The van der Waals surface area contributed by atoms with E-state index in [4.69, 9.17) is 28.4 Å². The van der Waals surface area contributed by atoms with Crippen LogP contribution in [0.25, 0.3) is 11.4 Å². The van der Waals surface area contributed by atoms with Crippen LogP contribution < -0.4 is 5.56 Å². The fraction of sp³-hybridized carbons (Fsp3) is 0.483. The van der Waals surface area contributed by atoms with E-state index in [0.717, 1.165) is 62.3 Å². The van der Waals surface area contributed by atoms with Gasteiger partial charge in [0.05, 0.1) is 7.11 Å². The summed E-state index contributed by atoms with van der Waals surface area (Å²) >= 11 is 0. The van der Waals surface area contributed by atoms with Gasteiger partial charge in [0.15, 0.2) is 24.5 Å². The maximum atomic E-state index is 14.1. The molecule has 2 heterocycles. The summed E-state index contributed by atoms with van der Waals surface area (Å²) in [4.78, 5) is 79.6. The van der Waals surface area contributed by atoms with Gasteiger partial charge in [-0.1, -0.05) is 17.7 Å². The zero-order valence-electron chi connectivity index (χ0n) is 25.1. The van der Waals surface area contributed by atoms with Crippen LogP contribution in [0.15, 0.2) is 23.1 Å². The van der Waals surface area contributed by atoms with E-state index >= 15 is 0 Å². The van der Waals surface area contributed by atoms with E-state index in [2.05, 4.69) is 4.98 Å². The van der Waals surface area contributed by atoms with Gasteiger partial charge in [0.1, 0.15) is 24.1 Å². The molecule has 0 bridgehead atoms. The molecule has 0 spiro atoms. The lowest BCUT2D eigenvalue weighted by Crippen LogP contribution is -2.61. The molecule has 1 aliphatic rings. The summed E-state index contributed by atoms with van der Waals surface area (Å²) < 4.78 is 33.6. The Hall–Kier alpha value is -4.59. The van der Waals surface area contributed by atoms with Crippen LogP contribution in [-0.2, 0) is 47.6 Å². The average Bonchev–Trinajstić information content (AvgIpc) is 2.88. The van der Waals surface area contributed by atoms with Crippen LogP contribution in [0.4, 0.5) is 0 Å². The Morgan fingerprint density at radius 3 is 1.88 bits per heavy atom. The third kappa shape index (κ3) is 7.44. The number of carbonyl (C=O) groups is 5. The van der Waals surface area contributed by atoms with Gasteiger partial charge >= 0.3 is 29.8 Å². The summed E-state index contributed by atoms with van der Waals surface area (Å²) in [5.74, 6) is -4.19. The van der Waals surface area contributed by atoms with E-state index in [1.165, 1.54) is 0 Å². The summed E-state index contributed by atoms with van der Waals surface area (Å²) in [5.41, 5.74) is 1.47. The number of ether oxygens (including phenoxy) is 6. The second-order valence-corrected chi connectivity index (χ2v) is 10.0. The van der Waals surface area contributed by atoms with Crippen molar-refractivity contribution < 1.29 is 52.4 Å². The molecule has 0 radical (unpaired) electrons. The molecule has 0 amide bonds. The summed E-state index contributed by atoms with van der Waals surface area (Å²) in [6.45, 7) is 9.37. The molecule has 1 aromatic carbocycles. The molecule has 0 saturated carbocycles. The van der Waals surface area contributed by atoms with Crippen LogP contribution in [0.5, 0.6) is 0 Å². The largest absolute Gasteiger partial charge is 0.465 e. The third-order valence-corrected chi connectivity index (χ3v) is 6.52. The zero-order valence-corrected chi connectivity index (χ0v) is 25.1. The van der Waals surface area contributed by atoms with E-state index in [9.17, 15) is 28.8 Å². The number of aromatic nitrogens is 2. The minimum Gasteiger partial charge on any atom is -0.465 e. The van der Waals surface area contributed by atoms with Crippen molar-refractivity contribution in [3.8, 4) is 11.4 Å². The average molecular weight is 603 g/mol. The number of rotatable bonds is 8. The zero-order chi connectivity index (χ0) is 32.2. The van der Waals surface area contributed by atoms with Crippen molar-refractivity contribution in [1.82, 2.24) is 9.55 Å². The molecule has 0 N–H and O–H groups in total. The summed E-state index contributed by atoms with van der Waals surface area (Å²) in [6.07, 6.45) is -6.52. The number of methoxy groups -OCH3 is 1. The highest BCUT2D eigenvalue weighted by Crippen LogP contribution is 2.37. The van der Waals surface area contributed by atoms with E-state index < -0.39 is 78.2 Å². The van der Waals surface area contributed by atoms with Crippen LogP contribution in [0.3, 0.4) is 0 Å². The van der Waals surface area contributed by atoms with Crippen LogP contribution in [0, 0.1) is 20.8 Å². The van der Waals surface area contributed by atoms with Crippen LogP contribution >= 0.6 is 0 Å². The second kappa shape index (κ2) is 13.6. The van der Waals surface area contributed by atoms with Crippen molar-refractivity contribution >= 4 is 29.8 Å². The van der Waals surface area contributed by atoms with Gasteiger partial charge < -0.3 is 28.4 Å². The number of benzene rings is 1. The Labute approximate surface area is 247 Å². The number of carbonyl (C=O) groups excluding carboxylic acids is 5. The number of aryl methyl sites for hydroxylation is 3.